The van der Waals surface area contributed by atoms with Crippen LogP contribution in [0.2, 0.25) is 0 Å². The lowest BCUT2D eigenvalue weighted by molar-refractivity contribution is -0.137. The van der Waals surface area contributed by atoms with E-state index in [1.54, 1.807) is 30.3 Å². The van der Waals surface area contributed by atoms with Crippen molar-refractivity contribution in [2.75, 3.05) is 6.54 Å². The van der Waals surface area contributed by atoms with Gasteiger partial charge in [0.1, 0.15) is 11.4 Å². The van der Waals surface area contributed by atoms with Crippen molar-refractivity contribution < 1.29 is 27.8 Å². The van der Waals surface area contributed by atoms with E-state index < -0.39 is 17.3 Å². The fourth-order valence-corrected chi connectivity index (χ4v) is 3.12. The van der Waals surface area contributed by atoms with Crippen molar-refractivity contribution in [3.63, 3.8) is 0 Å². The molecule has 3 aromatic rings. The minimum atomic E-state index is -4.46. The summed E-state index contributed by atoms with van der Waals surface area (Å²) in [5.41, 5.74) is -0.889. The fourth-order valence-electron chi connectivity index (χ4n) is 3.12. The van der Waals surface area contributed by atoms with Crippen LogP contribution in [0.4, 0.5) is 13.2 Å². The molecule has 6 nitrogen and oxygen atoms in total. The van der Waals surface area contributed by atoms with Crippen molar-refractivity contribution in [3.8, 4) is 11.6 Å². The molecule has 2 heterocycles. The Bertz CT molecular complexity index is 1080. The van der Waals surface area contributed by atoms with E-state index in [1.807, 2.05) is 0 Å². The molecular formula is C21H18F3N3O3. The van der Waals surface area contributed by atoms with Crippen LogP contribution in [-0.2, 0) is 6.18 Å². The van der Waals surface area contributed by atoms with Crippen LogP contribution in [0.25, 0.3) is 10.9 Å². The molecule has 1 amide bonds. The van der Waals surface area contributed by atoms with Gasteiger partial charge in [-0.25, -0.2) is 9.97 Å². The molecule has 0 saturated heterocycles. The molecule has 156 valence electrons. The lowest BCUT2D eigenvalue weighted by Gasteiger charge is -2.36. The summed E-state index contributed by atoms with van der Waals surface area (Å²) in [5.74, 6) is 0.0349. The molecular weight excluding hydrogens is 399 g/mol. The van der Waals surface area contributed by atoms with Crippen LogP contribution in [0, 0.1) is 0 Å². The number of amides is 1. The number of aliphatic hydroxyl groups is 1. The second kappa shape index (κ2) is 7.56. The van der Waals surface area contributed by atoms with Crippen molar-refractivity contribution in [2.24, 2.45) is 0 Å². The van der Waals surface area contributed by atoms with Gasteiger partial charge in [0, 0.05) is 24.2 Å². The summed E-state index contributed by atoms with van der Waals surface area (Å²) in [7, 11) is 0. The first kappa shape index (κ1) is 20.1. The number of carbonyl (C=O) groups is 1. The summed E-state index contributed by atoms with van der Waals surface area (Å²) in [6.07, 6.45) is -1.44. The van der Waals surface area contributed by atoms with Gasteiger partial charge in [-0.1, -0.05) is 6.07 Å². The molecule has 1 aliphatic rings. The first-order valence-electron chi connectivity index (χ1n) is 9.34. The maximum Gasteiger partial charge on any atom is 0.417 e. The van der Waals surface area contributed by atoms with Gasteiger partial charge in [0.05, 0.1) is 16.7 Å². The molecule has 2 N–H and O–H groups in total. The van der Waals surface area contributed by atoms with Crippen LogP contribution >= 0.6 is 0 Å². The third-order valence-corrected chi connectivity index (χ3v) is 5.04. The van der Waals surface area contributed by atoms with Gasteiger partial charge in [-0.3, -0.25) is 4.79 Å². The molecule has 0 spiro atoms. The zero-order valence-electron chi connectivity index (χ0n) is 15.7. The third kappa shape index (κ3) is 4.35. The van der Waals surface area contributed by atoms with Gasteiger partial charge in [0.25, 0.3) is 5.91 Å². The molecule has 4 rings (SSSR count). The predicted molar refractivity (Wildman–Crippen MR) is 102 cm³/mol. The Kier molecular flexibility index (Phi) is 5.07. The van der Waals surface area contributed by atoms with Gasteiger partial charge in [0.2, 0.25) is 5.88 Å². The van der Waals surface area contributed by atoms with Crippen molar-refractivity contribution in [2.45, 2.75) is 31.0 Å². The number of nitrogens with zero attached hydrogens (tertiary/aromatic N) is 2. The van der Waals surface area contributed by atoms with E-state index in [2.05, 4.69) is 15.3 Å². The van der Waals surface area contributed by atoms with Gasteiger partial charge >= 0.3 is 6.18 Å². The second-order valence-electron chi connectivity index (χ2n) is 7.30. The van der Waals surface area contributed by atoms with Gasteiger partial charge in [-0.15, -0.1) is 0 Å². The number of aromatic nitrogens is 2. The number of pyridine rings is 2. The van der Waals surface area contributed by atoms with E-state index in [0.717, 1.165) is 18.6 Å². The molecule has 0 aliphatic heterocycles. The van der Waals surface area contributed by atoms with Gasteiger partial charge < -0.3 is 15.2 Å². The summed E-state index contributed by atoms with van der Waals surface area (Å²) >= 11 is 0. The van der Waals surface area contributed by atoms with Crippen molar-refractivity contribution in [3.05, 3.63) is 59.9 Å². The zero-order chi connectivity index (χ0) is 21.4. The lowest BCUT2D eigenvalue weighted by Crippen LogP contribution is -2.47. The van der Waals surface area contributed by atoms with Crippen molar-refractivity contribution in [1.29, 1.82) is 0 Å². The lowest BCUT2D eigenvalue weighted by atomic mass is 9.80. The quantitative estimate of drug-likeness (QED) is 0.653. The molecule has 0 unspecified atom stereocenters. The minimum Gasteiger partial charge on any atom is -0.439 e. The Morgan fingerprint density at radius 2 is 1.97 bits per heavy atom. The van der Waals surface area contributed by atoms with Crippen LogP contribution in [-0.4, -0.2) is 33.1 Å². The SMILES string of the molecule is O=C(NCC1(O)CCC1)c1ccc2cc(Oc3ccc(C(F)(F)F)cn3)ccc2n1. The molecule has 1 fully saturated rings. The van der Waals surface area contributed by atoms with Crippen LogP contribution in [0.1, 0.15) is 35.3 Å². The fraction of sp³-hybridized carbons (Fsp3) is 0.286. The number of hydrogen-bond donors (Lipinski definition) is 2. The molecule has 1 saturated carbocycles. The Morgan fingerprint density at radius 3 is 2.60 bits per heavy atom. The van der Waals surface area contributed by atoms with E-state index >= 15 is 0 Å². The second-order valence-corrected chi connectivity index (χ2v) is 7.30. The predicted octanol–water partition coefficient (Wildman–Crippen LogP) is 4.09. The molecule has 1 aromatic carbocycles. The van der Waals surface area contributed by atoms with E-state index in [1.165, 1.54) is 0 Å². The highest BCUT2D eigenvalue weighted by molar-refractivity contribution is 5.95. The first-order valence-corrected chi connectivity index (χ1v) is 9.34. The Hall–Kier alpha value is -3.20. The van der Waals surface area contributed by atoms with Crippen molar-refractivity contribution >= 4 is 16.8 Å². The number of fused-ring (bicyclic) bond motifs is 1. The monoisotopic (exact) mass is 417 g/mol. The molecule has 2 aromatic heterocycles. The average molecular weight is 417 g/mol. The van der Waals surface area contributed by atoms with Crippen LogP contribution in [0.3, 0.4) is 0 Å². The highest BCUT2D eigenvalue weighted by atomic mass is 19.4. The summed E-state index contributed by atoms with van der Waals surface area (Å²) < 4.78 is 43.3. The number of ether oxygens (including phenoxy) is 1. The van der Waals surface area contributed by atoms with Crippen LogP contribution in [0.15, 0.2) is 48.7 Å². The van der Waals surface area contributed by atoms with E-state index in [-0.39, 0.29) is 24.0 Å². The van der Waals surface area contributed by atoms with Gasteiger partial charge in [-0.2, -0.15) is 13.2 Å². The first-order chi connectivity index (χ1) is 14.2. The molecule has 9 heteroatoms. The number of rotatable bonds is 5. The average Bonchev–Trinajstić information content (AvgIpc) is 2.70. The Labute approximate surface area is 169 Å². The minimum absolute atomic E-state index is 0.0280. The van der Waals surface area contributed by atoms with E-state index in [4.69, 9.17) is 4.74 Å². The summed E-state index contributed by atoms with van der Waals surface area (Å²) in [6, 6.07) is 10.2. The maximum atomic E-state index is 12.6. The van der Waals surface area contributed by atoms with Crippen molar-refractivity contribution in [1.82, 2.24) is 15.3 Å². The zero-order valence-corrected chi connectivity index (χ0v) is 15.7. The number of alkyl halides is 3. The van der Waals surface area contributed by atoms with E-state index in [0.29, 0.717) is 35.7 Å². The number of carbonyl (C=O) groups excluding carboxylic acids is 1. The molecule has 30 heavy (non-hydrogen) atoms. The topological polar surface area (TPSA) is 84.3 Å². The van der Waals surface area contributed by atoms with Gasteiger partial charge in [-0.05, 0) is 49.6 Å². The van der Waals surface area contributed by atoms with Gasteiger partial charge in [0.15, 0.2) is 0 Å². The molecule has 1 aliphatic carbocycles. The number of halogens is 3. The summed E-state index contributed by atoms with van der Waals surface area (Å²) in [4.78, 5) is 20.3. The van der Waals surface area contributed by atoms with Crippen LogP contribution in [0.5, 0.6) is 11.6 Å². The number of benzene rings is 1. The standard InChI is InChI=1S/C21H18F3N3O3/c22-21(23,24)14-3-7-18(25-11-14)30-15-4-6-16-13(10-15)2-5-17(27-16)19(28)26-12-20(29)8-1-9-20/h2-7,10-11,29H,1,8-9,12H2,(H,26,28). The van der Waals surface area contributed by atoms with Crippen LogP contribution < -0.4 is 10.1 Å². The highest BCUT2D eigenvalue weighted by Crippen LogP contribution is 2.31. The number of nitrogens with one attached hydrogen (secondary N) is 1. The third-order valence-electron chi connectivity index (χ3n) is 5.04. The largest absolute Gasteiger partial charge is 0.439 e. The normalized spacial score (nSPS) is 15.5. The number of hydrogen-bond acceptors (Lipinski definition) is 5. The highest BCUT2D eigenvalue weighted by Gasteiger charge is 2.34. The molecule has 0 bridgehead atoms. The van der Waals surface area contributed by atoms with E-state index in [9.17, 15) is 23.1 Å². The Morgan fingerprint density at radius 1 is 1.17 bits per heavy atom. The molecule has 0 radical (unpaired) electrons. The smallest absolute Gasteiger partial charge is 0.417 e. The molecule has 0 atom stereocenters. The maximum absolute atomic E-state index is 12.6. The summed E-state index contributed by atoms with van der Waals surface area (Å²) in [6.45, 7) is 0.193. The summed E-state index contributed by atoms with van der Waals surface area (Å²) in [5, 5.41) is 13.5. The Balaban J connectivity index is 1.45.